The molecule has 8 nitrogen and oxygen atoms in total. The highest BCUT2D eigenvalue weighted by Gasteiger charge is 2.32. The van der Waals surface area contributed by atoms with Gasteiger partial charge < -0.3 is 24.0 Å². The number of fused-ring (bicyclic) bond motifs is 1. The van der Waals surface area contributed by atoms with E-state index in [1.54, 1.807) is 4.90 Å². The average molecular weight is 375 g/mol. The van der Waals surface area contributed by atoms with Crippen molar-refractivity contribution in [2.75, 3.05) is 59.0 Å². The van der Waals surface area contributed by atoms with Crippen molar-refractivity contribution in [1.29, 1.82) is 0 Å². The van der Waals surface area contributed by atoms with Gasteiger partial charge in [0.05, 0.1) is 18.9 Å². The molecule has 2 saturated heterocycles. The second-order valence-electron chi connectivity index (χ2n) is 7.47. The quantitative estimate of drug-likeness (QED) is 0.768. The lowest BCUT2D eigenvalue weighted by Crippen LogP contribution is -2.49. The highest BCUT2D eigenvalue weighted by Crippen LogP contribution is 2.24. The average Bonchev–Trinajstić information content (AvgIpc) is 3.13. The van der Waals surface area contributed by atoms with E-state index < -0.39 is 0 Å². The first-order chi connectivity index (χ1) is 13.2. The van der Waals surface area contributed by atoms with Crippen molar-refractivity contribution in [1.82, 2.24) is 24.3 Å². The van der Waals surface area contributed by atoms with Gasteiger partial charge in [-0.15, -0.1) is 0 Å². The van der Waals surface area contributed by atoms with Gasteiger partial charge in [0.25, 0.3) is 11.8 Å². The van der Waals surface area contributed by atoms with Crippen LogP contribution in [0.2, 0.25) is 0 Å². The van der Waals surface area contributed by atoms with Crippen molar-refractivity contribution in [3.05, 3.63) is 17.2 Å². The van der Waals surface area contributed by atoms with Crippen molar-refractivity contribution in [3.8, 4) is 0 Å². The first-order valence-electron chi connectivity index (χ1n) is 10.2. The Labute approximate surface area is 160 Å². The molecule has 1 aromatic heterocycles. The number of hydrogen-bond donors (Lipinski definition) is 0. The molecule has 4 rings (SSSR count). The smallest absolute Gasteiger partial charge is 0.289 e. The zero-order valence-corrected chi connectivity index (χ0v) is 16.2. The number of rotatable bonds is 3. The van der Waals surface area contributed by atoms with Gasteiger partial charge in [-0.05, 0) is 25.8 Å². The predicted molar refractivity (Wildman–Crippen MR) is 99.9 cm³/mol. The summed E-state index contributed by atoms with van der Waals surface area (Å²) >= 11 is 0. The van der Waals surface area contributed by atoms with E-state index in [0.29, 0.717) is 37.8 Å². The van der Waals surface area contributed by atoms with Gasteiger partial charge in [0.15, 0.2) is 5.82 Å². The van der Waals surface area contributed by atoms with Gasteiger partial charge in [0.1, 0.15) is 5.69 Å². The molecule has 0 radical (unpaired) electrons. The number of hydrogen-bond acceptors (Lipinski definition) is 5. The number of morpholine rings is 1. The molecule has 0 saturated carbocycles. The lowest BCUT2D eigenvalue weighted by atomic mass is 10.1. The van der Waals surface area contributed by atoms with Gasteiger partial charge in [0.2, 0.25) is 0 Å². The molecule has 148 valence electrons. The number of piperazine rings is 1. The minimum atomic E-state index is -0.0567. The van der Waals surface area contributed by atoms with E-state index in [4.69, 9.17) is 4.74 Å². The fourth-order valence-corrected chi connectivity index (χ4v) is 4.20. The molecule has 0 N–H and O–H groups in total. The summed E-state index contributed by atoms with van der Waals surface area (Å²) < 4.78 is 7.36. The second-order valence-corrected chi connectivity index (χ2v) is 7.47. The molecule has 0 aromatic carbocycles. The Bertz CT molecular complexity index is 702. The third-order valence-electron chi connectivity index (χ3n) is 5.92. The second kappa shape index (κ2) is 7.98. The van der Waals surface area contributed by atoms with Crippen LogP contribution in [-0.2, 0) is 17.7 Å². The Morgan fingerprint density at radius 2 is 1.63 bits per heavy atom. The van der Waals surface area contributed by atoms with Crippen molar-refractivity contribution < 1.29 is 14.3 Å². The molecule has 8 heteroatoms. The maximum Gasteiger partial charge on any atom is 0.289 e. The molecule has 0 unspecified atom stereocenters. The molecular weight excluding hydrogens is 346 g/mol. The minimum Gasteiger partial charge on any atom is -0.378 e. The molecule has 0 bridgehead atoms. The van der Waals surface area contributed by atoms with E-state index in [-0.39, 0.29) is 11.8 Å². The summed E-state index contributed by atoms with van der Waals surface area (Å²) in [6.07, 6.45) is 2.88. The Morgan fingerprint density at radius 3 is 2.33 bits per heavy atom. The number of aromatic nitrogens is 2. The van der Waals surface area contributed by atoms with Crippen molar-refractivity contribution in [3.63, 3.8) is 0 Å². The van der Waals surface area contributed by atoms with Crippen LogP contribution < -0.4 is 0 Å². The Balaban J connectivity index is 1.58. The van der Waals surface area contributed by atoms with E-state index in [1.165, 1.54) is 0 Å². The fourth-order valence-electron chi connectivity index (χ4n) is 4.20. The summed E-state index contributed by atoms with van der Waals surface area (Å²) in [5.41, 5.74) is 1.42. The van der Waals surface area contributed by atoms with Gasteiger partial charge in [-0.1, -0.05) is 6.92 Å². The number of carbonyl (C=O) groups excluding carboxylic acids is 2. The van der Waals surface area contributed by atoms with Crippen molar-refractivity contribution in [2.24, 2.45) is 0 Å². The highest BCUT2D eigenvalue weighted by atomic mass is 16.5. The van der Waals surface area contributed by atoms with Crippen LogP contribution in [0.4, 0.5) is 0 Å². The van der Waals surface area contributed by atoms with Gasteiger partial charge >= 0.3 is 0 Å². The Morgan fingerprint density at radius 1 is 0.926 bits per heavy atom. The van der Waals surface area contributed by atoms with Crippen LogP contribution in [0.1, 0.15) is 46.6 Å². The van der Waals surface area contributed by atoms with Gasteiger partial charge in [0, 0.05) is 45.8 Å². The van der Waals surface area contributed by atoms with E-state index >= 15 is 0 Å². The lowest BCUT2D eigenvalue weighted by molar-refractivity contribution is 0.0298. The summed E-state index contributed by atoms with van der Waals surface area (Å²) in [6.45, 7) is 9.49. The SMILES string of the molecule is CCN1CCN(C(=O)c2nc(C(=O)N3CCOCC3)c3n2CCCC3)CC1. The molecule has 3 aliphatic heterocycles. The summed E-state index contributed by atoms with van der Waals surface area (Å²) in [5, 5.41) is 0. The van der Waals surface area contributed by atoms with Gasteiger partial charge in [-0.3, -0.25) is 9.59 Å². The number of carbonyl (C=O) groups is 2. The van der Waals surface area contributed by atoms with Gasteiger partial charge in [-0.2, -0.15) is 0 Å². The first-order valence-corrected chi connectivity index (χ1v) is 10.2. The molecule has 0 aliphatic carbocycles. The summed E-state index contributed by atoms with van der Waals surface area (Å²) in [7, 11) is 0. The summed E-state index contributed by atoms with van der Waals surface area (Å²) in [6, 6.07) is 0. The molecular formula is C19H29N5O3. The molecule has 2 amide bonds. The molecule has 27 heavy (non-hydrogen) atoms. The monoisotopic (exact) mass is 375 g/mol. The molecule has 2 fully saturated rings. The number of ether oxygens (including phenoxy) is 1. The van der Waals surface area contributed by atoms with Crippen LogP contribution in [0.5, 0.6) is 0 Å². The molecule has 3 aliphatic rings. The Hall–Kier alpha value is -1.93. The van der Waals surface area contributed by atoms with Gasteiger partial charge in [-0.25, -0.2) is 4.98 Å². The van der Waals surface area contributed by atoms with E-state index in [2.05, 4.69) is 16.8 Å². The van der Waals surface area contributed by atoms with Crippen LogP contribution in [0, 0.1) is 0 Å². The zero-order valence-electron chi connectivity index (χ0n) is 16.2. The van der Waals surface area contributed by atoms with Crippen LogP contribution in [0.3, 0.4) is 0 Å². The third kappa shape index (κ3) is 3.60. The standard InChI is InChI=1S/C19H29N5O3/c1-2-21-7-9-22(10-8-21)19(26)17-20-16(15-5-3-4-6-24(15)17)18(25)23-11-13-27-14-12-23/h2-14H2,1H3. The third-order valence-corrected chi connectivity index (χ3v) is 5.92. The predicted octanol–water partition coefficient (Wildman–Crippen LogP) is 0.470. The molecule has 4 heterocycles. The van der Waals surface area contributed by atoms with Crippen molar-refractivity contribution in [2.45, 2.75) is 32.7 Å². The lowest BCUT2D eigenvalue weighted by Gasteiger charge is -2.34. The maximum atomic E-state index is 13.2. The number of nitrogens with zero attached hydrogens (tertiary/aromatic N) is 5. The maximum absolute atomic E-state index is 13.2. The number of imidazole rings is 1. The topological polar surface area (TPSA) is 70.9 Å². The van der Waals surface area contributed by atoms with Crippen LogP contribution >= 0.6 is 0 Å². The first kappa shape index (κ1) is 18.4. The van der Waals surface area contributed by atoms with Crippen molar-refractivity contribution >= 4 is 11.8 Å². The number of amides is 2. The number of likely N-dealkylation sites (N-methyl/N-ethyl adjacent to an activating group) is 1. The summed E-state index contributed by atoms with van der Waals surface area (Å²) in [5.74, 6) is 0.361. The largest absolute Gasteiger partial charge is 0.378 e. The fraction of sp³-hybridized carbons (Fsp3) is 0.737. The molecule has 1 aromatic rings. The van der Waals surface area contributed by atoms with Crippen LogP contribution in [0.25, 0.3) is 0 Å². The highest BCUT2D eigenvalue weighted by molar-refractivity contribution is 5.97. The Kier molecular flexibility index (Phi) is 5.45. The van der Waals surface area contributed by atoms with Crippen LogP contribution in [-0.4, -0.2) is 95.1 Å². The summed E-state index contributed by atoms with van der Waals surface area (Å²) in [4.78, 5) is 36.8. The van der Waals surface area contributed by atoms with E-state index in [1.807, 2.05) is 9.47 Å². The van der Waals surface area contributed by atoms with E-state index in [9.17, 15) is 9.59 Å². The minimum absolute atomic E-state index is 0.0325. The zero-order chi connectivity index (χ0) is 18.8. The van der Waals surface area contributed by atoms with Crippen LogP contribution in [0.15, 0.2) is 0 Å². The van der Waals surface area contributed by atoms with E-state index in [0.717, 1.165) is 64.2 Å². The molecule has 0 spiro atoms. The molecule has 0 atom stereocenters. The normalized spacial score (nSPS) is 21.2.